The summed E-state index contributed by atoms with van der Waals surface area (Å²) in [4.78, 5) is 24.1. The van der Waals surface area contributed by atoms with Gasteiger partial charge < -0.3 is 23.9 Å². The summed E-state index contributed by atoms with van der Waals surface area (Å²) in [5.41, 5.74) is 1.49. The molecular formula is C24H25NO6. The van der Waals surface area contributed by atoms with Crippen LogP contribution in [0.4, 0.5) is 0 Å². The van der Waals surface area contributed by atoms with Crippen LogP contribution in [0.25, 0.3) is 17.0 Å². The highest BCUT2D eigenvalue weighted by atomic mass is 16.5. The molecule has 0 aliphatic heterocycles. The average Bonchev–Trinajstić information content (AvgIpc) is 3.21. The Morgan fingerprint density at radius 1 is 1.13 bits per heavy atom. The number of amides is 1. The van der Waals surface area contributed by atoms with Crippen LogP contribution in [0.15, 0.2) is 59.0 Å². The number of hydrogen-bond acceptors (Lipinski definition) is 6. The molecule has 0 aliphatic rings. The zero-order chi connectivity index (χ0) is 22.2. The third kappa shape index (κ3) is 5.88. The Bertz CT molecular complexity index is 1050. The van der Waals surface area contributed by atoms with Gasteiger partial charge in [0, 0.05) is 11.5 Å². The molecule has 0 fully saturated rings. The van der Waals surface area contributed by atoms with E-state index in [1.54, 1.807) is 38.3 Å². The van der Waals surface area contributed by atoms with Crippen molar-refractivity contribution in [3.8, 4) is 11.5 Å². The molecule has 3 rings (SSSR count). The Kier molecular flexibility index (Phi) is 7.32. The van der Waals surface area contributed by atoms with Gasteiger partial charge in [-0.15, -0.1) is 0 Å². The molecule has 1 heterocycles. The van der Waals surface area contributed by atoms with Gasteiger partial charge in [-0.05, 0) is 49.8 Å². The first-order valence-corrected chi connectivity index (χ1v) is 9.93. The summed E-state index contributed by atoms with van der Waals surface area (Å²) < 4.78 is 21.5. The quantitative estimate of drug-likeness (QED) is 0.408. The van der Waals surface area contributed by atoms with Gasteiger partial charge in [0.15, 0.2) is 18.1 Å². The lowest BCUT2D eigenvalue weighted by Crippen LogP contribution is -2.30. The maximum atomic E-state index is 12.1. The minimum Gasteiger partial charge on any atom is -0.493 e. The van der Waals surface area contributed by atoms with Gasteiger partial charge in [-0.25, -0.2) is 4.79 Å². The van der Waals surface area contributed by atoms with Crippen molar-refractivity contribution in [2.45, 2.75) is 19.9 Å². The van der Waals surface area contributed by atoms with Gasteiger partial charge >= 0.3 is 5.97 Å². The summed E-state index contributed by atoms with van der Waals surface area (Å²) in [7, 11) is 1.55. The van der Waals surface area contributed by atoms with Crippen LogP contribution in [0.2, 0.25) is 0 Å². The number of carbonyl (C=O) groups is 2. The van der Waals surface area contributed by atoms with E-state index >= 15 is 0 Å². The number of methoxy groups -OCH3 is 1. The summed E-state index contributed by atoms with van der Waals surface area (Å²) >= 11 is 0. The summed E-state index contributed by atoms with van der Waals surface area (Å²) in [5.74, 6) is 0.776. The maximum absolute atomic E-state index is 12.1. The molecule has 1 amide bonds. The van der Waals surface area contributed by atoms with Gasteiger partial charge in [-0.3, -0.25) is 4.79 Å². The first-order valence-electron chi connectivity index (χ1n) is 9.93. The van der Waals surface area contributed by atoms with Crippen molar-refractivity contribution in [2.75, 3.05) is 20.3 Å². The smallest absolute Gasteiger partial charge is 0.331 e. The third-order valence-electron chi connectivity index (χ3n) is 4.49. The molecule has 7 heteroatoms. The second-order valence-corrected chi connectivity index (χ2v) is 6.76. The second kappa shape index (κ2) is 10.3. The van der Waals surface area contributed by atoms with Gasteiger partial charge in [-0.1, -0.05) is 24.3 Å². The SMILES string of the molecule is CCOc1ccc(/C=C/C(=O)OCC(=O)N[C@H](C)c2cc3ccccc3o2)cc1OC. The average molecular weight is 423 g/mol. The van der Waals surface area contributed by atoms with E-state index in [9.17, 15) is 9.59 Å². The van der Waals surface area contributed by atoms with Gasteiger partial charge in [0.25, 0.3) is 5.91 Å². The van der Waals surface area contributed by atoms with E-state index in [4.69, 9.17) is 18.6 Å². The van der Waals surface area contributed by atoms with Crippen LogP contribution in [0.5, 0.6) is 11.5 Å². The molecule has 1 aromatic heterocycles. The van der Waals surface area contributed by atoms with Gasteiger partial charge in [-0.2, -0.15) is 0 Å². The first-order chi connectivity index (χ1) is 15.0. The molecule has 0 aliphatic carbocycles. The Balaban J connectivity index is 1.50. The molecule has 0 saturated heterocycles. The molecule has 0 bridgehead atoms. The molecule has 162 valence electrons. The zero-order valence-corrected chi connectivity index (χ0v) is 17.7. The maximum Gasteiger partial charge on any atom is 0.331 e. The Morgan fingerprint density at radius 2 is 1.94 bits per heavy atom. The largest absolute Gasteiger partial charge is 0.493 e. The summed E-state index contributed by atoms with van der Waals surface area (Å²) in [6.45, 7) is 3.82. The van der Waals surface area contributed by atoms with E-state index in [2.05, 4.69) is 5.32 Å². The number of para-hydroxylation sites is 1. The Hall–Kier alpha value is -3.74. The number of furan rings is 1. The van der Waals surface area contributed by atoms with Crippen molar-refractivity contribution >= 4 is 28.9 Å². The summed E-state index contributed by atoms with van der Waals surface area (Å²) in [6, 6.07) is 14.4. The lowest BCUT2D eigenvalue weighted by molar-refractivity contribution is -0.144. The first kappa shape index (κ1) is 22.0. The number of fused-ring (bicyclic) bond motifs is 1. The molecule has 31 heavy (non-hydrogen) atoms. The second-order valence-electron chi connectivity index (χ2n) is 6.76. The minimum absolute atomic E-state index is 0.356. The molecule has 0 saturated carbocycles. The highest BCUT2D eigenvalue weighted by molar-refractivity contribution is 5.89. The van der Waals surface area contributed by atoms with Crippen LogP contribution in [-0.4, -0.2) is 32.2 Å². The van der Waals surface area contributed by atoms with Crippen molar-refractivity contribution in [1.29, 1.82) is 0 Å². The summed E-state index contributed by atoms with van der Waals surface area (Å²) in [6.07, 6.45) is 2.83. The third-order valence-corrected chi connectivity index (χ3v) is 4.49. The standard InChI is InChI=1S/C24H25NO6/c1-4-29-20-11-9-17(13-22(20)28-3)10-12-24(27)30-15-23(26)25-16(2)21-14-18-7-5-6-8-19(18)31-21/h5-14,16H,4,15H2,1-3H3,(H,25,26)/b12-10+/t16-/m1/s1. The molecule has 0 radical (unpaired) electrons. The van der Waals surface area contributed by atoms with Crippen molar-refractivity contribution in [2.24, 2.45) is 0 Å². The number of nitrogens with one attached hydrogen (secondary N) is 1. The van der Waals surface area contributed by atoms with E-state index in [-0.39, 0.29) is 12.6 Å². The van der Waals surface area contributed by atoms with Crippen LogP contribution in [0.3, 0.4) is 0 Å². The topological polar surface area (TPSA) is 87.0 Å². The van der Waals surface area contributed by atoms with Crippen LogP contribution in [-0.2, 0) is 14.3 Å². The van der Waals surface area contributed by atoms with E-state index < -0.39 is 11.9 Å². The molecule has 7 nitrogen and oxygen atoms in total. The molecule has 2 aromatic carbocycles. The number of benzene rings is 2. The highest BCUT2D eigenvalue weighted by Gasteiger charge is 2.15. The monoisotopic (exact) mass is 423 g/mol. The molecule has 1 N–H and O–H groups in total. The number of rotatable bonds is 9. The fourth-order valence-electron chi connectivity index (χ4n) is 2.98. The van der Waals surface area contributed by atoms with Gasteiger partial charge in [0.1, 0.15) is 11.3 Å². The van der Waals surface area contributed by atoms with Crippen LogP contribution >= 0.6 is 0 Å². The predicted octanol–water partition coefficient (Wildman–Crippen LogP) is 4.27. The highest BCUT2D eigenvalue weighted by Crippen LogP contribution is 2.28. The van der Waals surface area contributed by atoms with Crippen LogP contribution in [0.1, 0.15) is 31.2 Å². The lowest BCUT2D eigenvalue weighted by atomic mass is 10.2. The number of ether oxygens (including phenoxy) is 3. The van der Waals surface area contributed by atoms with Crippen molar-refractivity contribution in [1.82, 2.24) is 5.32 Å². The van der Waals surface area contributed by atoms with Gasteiger partial charge in [0.2, 0.25) is 0 Å². The van der Waals surface area contributed by atoms with E-state index in [1.807, 2.05) is 37.3 Å². The normalized spacial score (nSPS) is 12.0. The fraction of sp³-hybridized carbons (Fsp3) is 0.250. The van der Waals surface area contributed by atoms with E-state index in [0.717, 1.165) is 16.5 Å². The van der Waals surface area contributed by atoms with Crippen LogP contribution < -0.4 is 14.8 Å². The number of hydrogen-bond donors (Lipinski definition) is 1. The summed E-state index contributed by atoms with van der Waals surface area (Å²) in [5, 5.41) is 3.71. The number of esters is 1. The lowest BCUT2D eigenvalue weighted by Gasteiger charge is -2.11. The molecule has 0 spiro atoms. The Labute approximate surface area is 180 Å². The van der Waals surface area contributed by atoms with Crippen molar-refractivity contribution in [3.05, 3.63) is 65.9 Å². The molecule has 1 atom stereocenters. The molecule has 0 unspecified atom stereocenters. The fourth-order valence-corrected chi connectivity index (χ4v) is 2.98. The molecule has 3 aromatic rings. The Morgan fingerprint density at radius 3 is 2.68 bits per heavy atom. The minimum atomic E-state index is -0.626. The zero-order valence-electron chi connectivity index (χ0n) is 17.7. The van der Waals surface area contributed by atoms with Crippen LogP contribution in [0, 0.1) is 0 Å². The predicted molar refractivity (Wildman–Crippen MR) is 117 cm³/mol. The molecular weight excluding hydrogens is 398 g/mol. The van der Waals surface area contributed by atoms with Crippen molar-refractivity contribution in [3.63, 3.8) is 0 Å². The number of carbonyl (C=O) groups excluding carboxylic acids is 2. The van der Waals surface area contributed by atoms with E-state index in [1.165, 1.54) is 6.08 Å². The van der Waals surface area contributed by atoms with Crippen molar-refractivity contribution < 1.29 is 28.2 Å². The van der Waals surface area contributed by atoms with E-state index in [0.29, 0.717) is 23.9 Å². The van der Waals surface area contributed by atoms with Gasteiger partial charge in [0.05, 0.1) is 19.8 Å².